The molecule has 2 unspecified atom stereocenters. The van der Waals surface area contributed by atoms with Gasteiger partial charge >= 0.3 is 0 Å². The SMILES string of the molecule is CC(=O)C1=CC2SC=CC2C=C1. The summed E-state index contributed by atoms with van der Waals surface area (Å²) in [5.41, 5.74) is 0.854. The Bertz CT molecular complexity index is 299. The quantitative estimate of drug-likeness (QED) is 0.613. The van der Waals surface area contributed by atoms with Crippen molar-refractivity contribution in [1.82, 2.24) is 0 Å². The van der Waals surface area contributed by atoms with Gasteiger partial charge in [-0.2, -0.15) is 0 Å². The Labute approximate surface area is 76.2 Å². The molecule has 0 bridgehead atoms. The van der Waals surface area contributed by atoms with E-state index in [-0.39, 0.29) is 5.78 Å². The summed E-state index contributed by atoms with van der Waals surface area (Å²) in [6.07, 6.45) is 8.29. The van der Waals surface area contributed by atoms with Crippen molar-refractivity contribution in [2.45, 2.75) is 12.2 Å². The fourth-order valence-corrected chi connectivity index (χ4v) is 2.47. The number of hydrogen-bond donors (Lipinski definition) is 0. The van der Waals surface area contributed by atoms with E-state index in [4.69, 9.17) is 0 Å². The van der Waals surface area contributed by atoms with Crippen LogP contribution in [0.3, 0.4) is 0 Å². The summed E-state index contributed by atoms with van der Waals surface area (Å²) >= 11 is 1.79. The summed E-state index contributed by atoms with van der Waals surface area (Å²) in [5, 5.41) is 2.58. The molecule has 2 atom stereocenters. The minimum atomic E-state index is 0.164. The highest BCUT2D eigenvalue weighted by atomic mass is 32.2. The van der Waals surface area contributed by atoms with Gasteiger partial charge in [0.15, 0.2) is 5.78 Å². The fourth-order valence-electron chi connectivity index (χ4n) is 1.43. The van der Waals surface area contributed by atoms with Crippen LogP contribution in [-0.4, -0.2) is 11.0 Å². The monoisotopic (exact) mass is 178 g/mol. The van der Waals surface area contributed by atoms with Gasteiger partial charge in [0.1, 0.15) is 0 Å². The molecule has 0 spiro atoms. The zero-order valence-corrected chi connectivity index (χ0v) is 7.67. The maximum absolute atomic E-state index is 11.0. The number of Topliss-reactive ketones (excluding diaryl/α,β-unsaturated/α-hetero) is 1. The van der Waals surface area contributed by atoms with Gasteiger partial charge in [0.2, 0.25) is 0 Å². The molecule has 0 aromatic carbocycles. The minimum Gasteiger partial charge on any atom is -0.295 e. The molecular weight excluding hydrogens is 168 g/mol. The van der Waals surface area contributed by atoms with Crippen molar-refractivity contribution in [2.24, 2.45) is 5.92 Å². The second-order valence-electron chi connectivity index (χ2n) is 3.04. The van der Waals surface area contributed by atoms with Crippen molar-refractivity contribution in [3.8, 4) is 0 Å². The fraction of sp³-hybridized carbons (Fsp3) is 0.300. The van der Waals surface area contributed by atoms with Gasteiger partial charge in [-0.3, -0.25) is 4.79 Å². The lowest BCUT2D eigenvalue weighted by Crippen LogP contribution is -2.12. The number of ketones is 1. The van der Waals surface area contributed by atoms with E-state index in [0.717, 1.165) is 5.57 Å². The lowest BCUT2D eigenvalue weighted by molar-refractivity contribution is -0.113. The predicted octanol–water partition coefficient (Wildman–Crippen LogP) is 2.32. The average Bonchev–Trinajstić information content (AvgIpc) is 2.49. The van der Waals surface area contributed by atoms with E-state index in [0.29, 0.717) is 11.2 Å². The highest BCUT2D eigenvalue weighted by molar-refractivity contribution is 8.03. The lowest BCUT2D eigenvalue weighted by atomic mass is 9.95. The average molecular weight is 178 g/mol. The lowest BCUT2D eigenvalue weighted by Gasteiger charge is -2.16. The van der Waals surface area contributed by atoms with Crippen molar-refractivity contribution >= 4 is 17.5 Å². The molecule has 62 valence electrons. The molecule has 0 radical (unpaired) electrons. The predicted molar refractivity (Wildman–Crippen MR) is 51.9 cm³/mol. The van der Waals surface area contributed by atoms with Crippen molar-refractivity contribution in [3.63, 3.8) is 0 Å². The van der Waals surface area contributed by atoms with E-state index in [1.165, 1.54) is 0 Å². The van der Waals surface area contributed by atoms with Gasteiger partial charge in [0.05, 0.1) is 0 Å². The van der Waals surface area contributed by atoms with Crippen LogP contribution in [0.25, 0.3) is 0 Å². The Balaban J connectivity index is 2.23. The molecule has 1 nitrogen and oxygen atoms in total. The highest BCUT2D eigenvalue weighted by Crippen LogP contribution is 2.35. The molecule has 2 heteroatoms. The van der Waals surface area contributed by atoms with Crippen LogP contribution >= 0.6 is 11.8 Å². The standard InChI is InChI=1S/C10H10OS/c1-7(11)9-3-2-8-4-5-12-10(8)6-9/h2-6,8,10H,1H3. The molecule has 12 heavy (non-hydrogen) atoms. The molecule has 2 rings (SSSR count). The molecule has 0 fully saturated rings. The molecule has 1 heterocycles. The Kier molecular flexibility index (Phi) is 1.93. The topological polar surface area (TPSA) is 17.1 Å². The zero-order chi connectivity index (χ0) is 8.55. The smallest absolute Gasteiger partial charge is 0.159 e. The first-order chi connectivity index (χ1) is 5.77. The third-order valence-corrected chi connectivity index (χ3v) is 3.24. The zero-order valence-electron chi connectivity index (χ0n) is 6.86. The first-order valence-electron chi connectivity index (χ1n) is 4.00. The molecule has 0 N–H and O–H groups in total. The van der Waals surface area contributed by atoms with E-state index in [2.05, 4.69) is 23.6 Å². The minimum absolute atomic E-state index is 0.164. The second-order valence-corrected chi connectivity index (χ2v) is 4.13. The van der Waals surface area contributed by atoms with Gasteiger partial charge in [-0.05, 0) is 12.3 Å². The Morgan fingerprint density at radius 3 is 3.08 bits per heavy atom. The van der Waals surface area contributed by atoms with Crippen LogP contribution in [-0.2, 0) is 4.79 Å². The van der Waals surface area contributed by atoms with Crippen LogP contribution in [0.5, 0.6) is 0 Å². The van der Waals surface area contributed by atoms with Crippen LogP contribution in [0, 0.1) is 5.92 Å². The molecule has 1 aliphatic heterocycles. The third-order valence-electron chi connectivity index (χ3n) is 2.16. The van der Waals surface area contributed by atoms with E-state index in [1.807, 2.05) is 6.08 Å². The first-order valence-corrected chi connectivity index (χ1v) is 4.95. The van der Waals surface area contributed by atoms with Crippen molar-refractivity contribution in [3.05, 3.63) is 35.3 Å². The Morgan fingerprint density at radius 2 is 2.33 bits per heavy atom. The van der Waals surface area contributed by atoms with Gasteiger partial charge in [-0.1, -0.05) is 24.3 Å². The van der Waals surface area contributed by atoms with Crippen molar-refractivity contribution in [1.29, 1.82) is 0 Å². The molecule has 2 aliphatic rings. The normalized spacial score (nSPS) is 31.6. The number of thioether (sulfide) groups is 1. The number of rotatable bonds is 1. The molecule has 1 aliphatic carbocycles. The number of hydrogen-bond acceptors (Lipinski definition) is 2. The van der Waals surface area contributed by atoms with Gasteiger partial charge < -0.3 is 0 Å². The number of allylic oxidation sites excluding steroid dienone is 4. The Hall–Kier alpha value is -0.760. The number of fused-ring (bicyclic) bond motifs is 1. The van der Waals surface area contributed by atoms with Crippen LogP contribution in [0.15, 0.2) is 35.3 Å². The summed E-state index contributed by atoms with van der Waals surface area (Å²) in [6, 6.07) is 0. The van der Waals surface area contributed by atoms with Gasteiger partial charge in [-0.15, -0.1) is 11.8 Å². The highest BCUT2D eigenvalue weighted by Gasteiger charge is 2.23. The summed E-state index contributed by atoms with van der Waals surface area (Å²) in [5.74, 6) is 0.676. The summed E-state index contributed by atoms with van der Waals surface area (Å²) in [7, 11) is 0. The number of carbonyl (C=O) groups is 1. The van der Waals surface area contributed by atoms with Crippen LogP contribution < -0.4 is 0 Å². The van der Waals surface area contributed by atoms with E-state index < -0.39 is 0 Å². The Morgan fingerprint density at radius 1 is 1.50 bits per heavy atom. The van der Waals surface area contributed by atoms with E-state index in [1.54, 1.807) is 18.7 Å². The summed E-state index contributed by atoms with van der Waals surface area (Å²) < 4.78 is 0. The van der Waals surface area contributed by atoms with E-state index in [9.17, 15) is 4.79 Å². The van der Waals surface area contributed by atoms with Gasteiger partial charge in [-0.25, -0.2) is 0 Å². The maximum Gasteiger partial charge on any atom is 0.159 e. The summed E-state index contributed by atoms with van der Waals surface area (Å²) in [4.78, 5) is 11.0. The van der Waals surface area contributed by atoms with Crippen LogP contribution in [0.2, 0.25) is 0 Å². The second kappa shape index (κ2) is 2.94. The van der Waals surface area contributed by atoms with Crippen molar-refractivity contribution < 1.29 is 4.79 Å². The molecule has 0 amide bonds. The maximum atomic E-state index is 11.0. The molecule has 0 aromatic rings. The number of carbonyl (C=O) groups excluding carboxylic acids is 1. The van der Waals surface area contributed by atoms with Gasteiger partial charge in [0, 0.05) is 16.7 Å². The third kappa shape index (κ3) is 1.27. The van der Waals surface area contributed by atoms with Crippen molar-refractivity contribution in [2.75, 3.05) is 0 Å². The molecule has 0 saturated carbocycles. The summed E-state index contributed by atoms with van der Waals surface area (Å²) in [6.45, 7) is 1.61. The molecular formula is C10H10OS. The van der Waals surface area contributed by atoms with Gasteiger partial charge in [0.25, 0.3) is 0 Å². The molecule has 0 saturated heterocycles. The molecule has 0 aromatic heterocycles. The first kappa shape index (κ1) is 7.87. The van der Waals surface area contributed by atoms with E-state index >= 15 is 0 Å². The largest absolute Gasteiger partial charge is 0.295 e. The van der Waals surface area contributed by atoms with Crippen LogP contribution in [0.4, 0.5) is 0 Å². The van der Waals surface area contributed by atoms with Crippen LogP contribution in [0.1, 0.15) is 6.92 Å².